The lowest BCUT2D eigenvalue weighted by Crippen LogP contribution is -2.99. The molecule has 0 spiro atoms. The van der Waals surface area contributed by atoms with Gasteiger partial charge in [0, 0.05) is 18.3 Å². The Bertz CT molecular complexity index is 1220. The molecule has 3 aromatic rings. The summed E-state index contributed by atoms with van der Waals surface area (Å²) in [5.41, 5.74) is 1.88. The van der Waals surface area contributed by atoms with Crippen LogP contribution in [0.1, 0.15) is 10.6 Å². The third-order valence-corrected chi connectivity index (χ3v) is 6.58. The maximum absolute atomic E-state index is 12.8. The Morgan fingerprint density at radius 3 is 2.67 bits per heavy atom. The number of carbonyl (C=O) groups is 1. The van der Waals surface area contributed by atoms with Crippen LogP contribution in [0.5, 0.6) is 0 Å². The largest absolute Gasteiger partial charge is 0.595 e. The summed E-state index contributed by atoms with van der Waals surface area (Å²) in [5.74, 6) is -0.346. The smallest absolute Gasteiger partial charge is 0.270 e. The second-order valence-electron chi connectivity index (χ2n) is 6.12. The number of thiazole rings is 1. The minimum Gasteiger partial charge on any atom is -0.595 e. The molecule has 1 saturated heterocycles. The Hall–Kier alpha value is -2.91. The number of nitrogens with one attached hydrogen (secondary N) is 1. The summed E-state index contributed by atoms with van der Waals surface area (Å²) in [6.07, 6.45) is 3.06. The minimum atomic E-state index is -1.02. The molecule has 1 fully saturated rings. The van der Waals surface area contributed by atoms with E-state index in [0.29, 0.717) is 19.8 Å². The van der Waals surface area contributed by atoms with Gasteiger partial charge in [0.15, 0.2) is 10.0 Å². The number of thioether (sulfide) groups is 1. The van der Waals surface area contributed by atoms with E-state index in [-0.39, 0.29) is 17.2 Å². The van der Waals surface area contributed by atoms with Crippen LogP contribution in [0.2, 0.25) is 0 Å². The maximum Gasteiger partial charge on any atom is 0.270 e. The minimum absolute atomic E-state index is 0.164. The topological polar surface area (TPSA) is 105 Å². The predicted molar refractivity (Wildman–Crippen MR) is 120 cm³/mol. The molecule has 1 aliphatic rings. The normalized spacial score (nSPS) is 17.0. The van der Waals surface area contributed by atoms with Gasteiger partial charge in [-0.3, -0.25) is 9.69 Å². The number of hydrogen-bond donors (Lipinski definition) is 2. The van der Waals surface area contributed by atoms with E-state index < -0.39 is 5.23 Å². The molecule has 0 radical (unpaired) electrons. The number of amides is 1. The Morgan fingerprint density at radius 1 is 1.27 bits per heavy atom. The van der Waals surface area contributed by atoms with E-state index in [1.807, 2.05) is 24.3 Å². The molecule has 2 N–H and O–H groups in total. The highest BCUT2D eigenvalue weighted by molar-refractivity contribution is 8.26. The van der Waals surface area contributed by atoms with E-state index in [4.69, 9.17) is 17.4 Å². The van der Waals surface area contributed by atoms with E-state index in [2.05, 4.69) is 11.1 Å². The summed E-state index contributed by atoms with van der Waals surface area (Å²) in [7, 11) is 0. The van der Waals surface area contributed by atoms with Gasteiger partial charge in [-0.2, -0.15) is 10.5 Å². The van der Waals surface area contributed by atoms with Gasteiger partial charge in [0.05, 0.1) is 15.1 Å². The first-order chi connectivity index (χ1) is 14.5. The number of rotatable bonds is 4. The fourth-order valence-electron chi connectivity index (χ4n) is 2.71. The van der Waals surface area contributed by atoms with Crippen LogP contribution in [0.15, 0.2) is 59.6 Å². The molecule has 7 nitrogen and oxygen atoms in total. The number of thiocarbonyl (C=S) groups is 1. The molecule has 1 unspecified atom stereocenters. The molecule has 0 aliphatic carbocycles. The summed E-state index contributed by atoms with van der Waals surface area (Å²) >= 11 is 7.82. The predicted octanol–water partition coefficient (Wildman–Crippen LogP) is 3.47. The van der Waals surface area contributed by atoms with Crippen LogP contribution < -0.4 is 5.23 Å². The molecule has 0 bridgehead atoms. The van der Waals surface area contributed by atoms with Gasteiger partial charge in [-0.05, 0) is 35.9 Å². The molecule has 148 valence electrons. The Kier molecular flexibility index (Phi) is 5.74. The number of para-hydroxylation sites is 1. The van der Waals surface area contributed by atoms with E-state index in [1.54, 1.807) is 18.2 Å². The van der Waals surface area contributed by atoms with Crippen LogP contribution in [-0.2, 0) is 4.79 Å². The van der Waals surface area contributed by atoms with Crippen LogP contribution in [0.25, 0.3) is 21.9 Å². The molecule has 30 heavy (non-hydrogen) atoms. The second-order valence-corrected chi connectivity index (χ2v) is 8.83. The molecule has 1 aromatic heterocycles. The highest BCUT2D eigenvalue weighted by Gasteiger charge is 2.31. The first kappa shape index (κ1) is 20.4. The zero-order valence-electron chi connectivity index (χ0n) is 15.1. The van der Waals surface area contributed by atoms with Crippen LogP contribution in [0, 0.1) is 16.5 Å². The van der Waals surface area contributed by atoms with Gasteiger partial charge in [-0.1, -0.05) is 36.1 Å². The van der Waals surface area contributed by atoms with Gasteiger partial charge in [-0.25, -0.2) is 10.2 Å². The third-order valence-electron chi connectivity index (χ3n) is 4.18. The number of fused-ring (bicyclic) bond motifs is 1. The Labute approximate surface area is 184 Å². The summed E-state index contributed by atoms with van der Waals surface area (Å²) in [5, 5.41) is 29.1. The average molecular weight is 453 g/mol. The molecule has 4 rings (SSSR count). The van der Waals surface area contributed by atoms with E-state index in [1.165, 1.54) is 34.6 Å². The third kappa shape index (κ3) is 4.03. The molecule has 1 aliphatic heterocycles. The molecular weight excluding hydrogens is 440 g/mol. The van der Waals surface area contributed by atoms with Crippen molar-refractivity contribution < 1.29 is 15.2 Å². The fourth-order valence-corrected chi connectivity index (χ4v) is 4.85. The lowest BCUT2D eigenvalue weighted by Gasteiger charge is -2.11. The van der Waals surface area contributed by atoms with Gasteiger partial charge >= 0.3 is 0 Å². The number of benzene rings is 2. The lowest BCUT2D eigenvalue weighted by atomic mass is 10.2. The van der Waals surface area contributed by atoms with Crippen LogP contribution in [-0.4, -0.2) is 25.3 Å². The highest BCUT2D eigenvalue weighted by Crippen LogP contribution is 2.35. The number of nitrogens with zero attached hydrogens (tertiary/aromatic N) is 3. The number of allylic oxidation sites excluding steroid dienone is 1. The average Bonchev–Trinajstić information content (AvgIpc) is 3.28. The van der Waals surface area contributed by atoms with Gasteiger partial charge in [0.1, 0.15) is 16.6 Å². The van der Waals surface area contributed by atoms with Crippen LogP contribution >= 0.6 is 35.3 Å². The number of hydrogen-bond acceptors (Lipinski definition) is 8. The monoisotopic (exact) mass is 452 g/mol. The van der Waals surface area contributed by atoms with Crippen molar-refractivity contribution in [2.75, 3.05) is 0 Å². The Morgan fingerprint density at radius 2 is 2.00 bits per heavy atom. The van der Waals surface area contributed by atoms with Crippen LogP contribution in [0.3, 0.4) is 0 Å². The molecule has 1 atom stereocenters. The van der Waals surface area contributed by atoms with Crippen molar-refractivity contribution in [1.82, 2.24) is 9.88 Å². The summed E-state index contributed by atoms with van der Waals surface area (Å²) < 4.78 is 1.26. The van der Waals surface area contributed by atoms with Gasteiger partial charge in [-0.15, -0.1) is 11.3 Å². The SMILES string of the molecule is N#C/C(=C\N1C(=O)/C(=C\c2ccc([NH+]([O-])O)cc2)SC1=S)c1nc2ccccc2s1. The van der Waals surface area contributed by atoms with Crippen molar-refractivity contribution in [2.45, 2.75) is 0 Å². The molecule has 2 heterocycles. The molecule has 10 heteroatoms. The summed E-state index contributed by atoms with van der Waals surface area (Å²) in [6.45, 7) is 0. The van der Waals surface area contributed by atoms with Gasteiger partial charge < -0.3 is 5.21 Å². The van der Waals surface area contributed by atoms with Crippen molar-refractivity contribution in [2.24, 2.45) is 0 Å². The van der Waals surface area contributed by atoms with Crippen molar-refractivity contribution >= 4 is 73.1 Å². The second kappa shape index (κ2) is 8.45. The number of aromatic nitrogens is 1. The molecular formula is C20H12N4O3S3. The summed E-state index contributed by atoms with van der Waals surface area (Å²) in [4.78, 5) is 19.0. The molecule has 0 saturated carbocycles. The molecule has 1 amide bonds. The van der Waals surface area contributed by atoms with Gasteiger partial charge in [0.25, 0.3) is 5.91 Å². The van der Waals surface area contributed by atoms with E-state index in [0.717, 1.165) is 22.0 Å². The lowest BCUT2D eigenvalue weighted by molar-refractivity contribution is -0.991. The zero-order chi connectivity index (χ0) is 21.3. The van der Waals surface area contributed by atoms with Crippen molar-refractivity contribution in [3.63, 3.8) is 0 Å². The van der Waals surface area contributed by atoms with E-state index >= 15 is 0 Å². The standard InChI is InChI=1S/C20H12N4O3S3/c21-10-13(18-22-15-3-1-2-4-16(15)29-18)11-23-19(25)17(30-20(23)28)9-12-5-7-14(8-6-12)24(26)27/h1-9,11,24,26H/b13-11+,17-9+. The molecule has 2 aromatic carbocycles. The number of carbonyl (C=O) groups excluding carboxylic acids is 1. The van der Waals surface area contributed by atoms with Crippen molar-refractivity contribution in [3.8, 4) is 6.07 Å². The van der Waals surface area contributed by atoms with Crippen molar-refractivity contribution in [3.05, 3.63) is 75.4 Å². The van der Waals surface area contributed by atoms with Gasteiger partial charge in [0.2, 0.25) is 0 Å². The van der Waals surface area contributed by atoms with Crippen molar-refractivity contribution in [1.29, 1.82) is 5.26 Å². The number of quaternary nitrogens is 1. The first-order valence-electron chi connectivity index (χ1n) is 8.54. The van der Waals surface area contributed by atoms with E-state index in [9.17, 15) is 15.3 Å². The quantitative estimate of drug-likeness (QED) is 0.270. The number of nitriles is 1. The zero-order valence-corrected chi connectivity index (χ0v) is 17.6. The Balaban J connectivity index is 1.62. The first-order valence-corrected chi connectivity index (χ1v) is 10.6. The van der Waals surface area contributed by atoms with Crippen LogP contribution in [0.4, 0.5) is 5.69 Å². The fraction of sp³-hybridized carbons (Fsp3) is 0. The highest BCUT2D eigenvalue weighted by atomic mass is 32.2. The maximum atomic E-state index is 12.8. The summed E-state index contributed by atoms with van der Waals surface area (Å²) in [6, 6.07) is 15.8.